The fraction of sp³-hybridized carbons (Fsp3) is 0.375. The fourth-order valence-corrected chi connectivity index (χ4v) is 3.94. The Balaban J connectivity index is 1.63. The van der Waals surface area contributed by atoms with Crippen LogP contribution in [0.1, 0.15) is 50.1 Å². The van der Waals surface area contributed by atoms with E-state index in [0.29, 0.717) is 6.61 Å². The van der Waals surface area contributed by atoms with Crippen LogP contribution in [-0.2, 0) is 22.5 Å². The molecular formula is C24H27NO4. The van der Waals surface area contributed by atoms with Crippen molar-refractivity contribution in [2.45, 2.75) is 51.9 Å². The highest BCUT2D eigenvalue weighted by molar-refractivity contribution is 5.94. The first-order valence-electron chi connectivity index (χ1n) is 9.97. The van der Waals surface area contributed by atoms with E-state index in [0.717, 1.165) is 46.3 Å². The number of aromatic nitrogens is 1. The number of nitrogens with zero attached hydrogens (tertiary/aromatic N) is 1. The van der Waals surface area contributed by atoms with Crippen LogP contribution in [0, 0.1) is 0 Å². The Kier molecular flexibility index (Phi) is 5.09. The molecule has 0 radical (unpaired) electrons. The van der Waals surface area contributed by atoms with Gasteiger partial charge in [0.05, 0.1) is 25.3 Å². The molecule has 5 heteroatoms. The number of hydrogen-bond acceptors (Lipinski definition) is 4. The molecule has 2 aromatic carbocycles. The van der Waals surface area contributed by atoms with Crippen molar-refractivity contribution in [2.75, 3.05) is 7.11 Å². The third kappa shape index (κ3) is 3.87. The minimum atomic E-state index is -0.543. The molecule has 0 spiro atoms. The maximum atomic E-state index is 12.9. The van der Waals surface area contributed by atoms with Crippen LogP contribution in [0.3, 0.4) is 0 Å². The van der Waals surface area contributed by atoms with Gasteiger partial charge < -0.3 is 14.2 Å². The topological polar surface area (TPSA) is 49.7 Å². The molecule has 0 N–H and O–H groups in total. The highest BCUT2D eigenvalue weighted by atomic mass is 16.6. The van der Waals surface area contributed by atoms with Gasteiger partial charge in [-0.25, -0.2) is 9.36 Å². The third-order valence-corrected chi connectivity index (χ3v) is 5.17. The van der Waals surface area contributed by atoms with Gasteiger partial charge in [-0.05, 0) is 57.4 Å². The van der Waals surface area contributed by atoms with E-state index in [1.807, 2.05) is 63.2 Å². The summed E-state index contributed by atoms with van der Waals surface area (Å²) < 4.78 is 18.9. The van der Waals surface area contributed by atoms with E-state index in [9.17, 15) is 4.79 Å². The summed E-state index contributed by atoms with van der Waals surface area (Å²) >= 11 is 0. The smallest absolute Gasteiger partial charge is 0.419 e. The molecule has 0 saturated carbocycles. The maximum Gasteiger partial charge on any atom is 0.419 e. The van der Waals surface area contributed by atoms with Crippen molar-refractivity contribution >= 4 is 17.0 Å². The summed E-state index contributed by atoms with van der Waals surface area (Å²) in [5, 5.41) is 1.06. The molecule has 0 saturated heterocycles. The second-order valence-corrected chi connectivity index (χ2v) is 8.38. The molecule has 1 aliphatic rings. The van der Waals surface area contributed by atoms with E-state index in [1.54, 1.807) is 11.7 Å². The molecule has 1 heterocycles. The summed E-state index contributed by atoms with van der Waals surface area (Å²) in [6.07, 6.45) is 1.27. The highest BCUT2D eigenvalue weighted by Crippen LogP contribution is 2.42. The normalized spacial score (nSPS) is 16.1. The van der Waals surface area contributed by atoms with Crippen molar-refractivity contribution < 1.29 is 19.0 Å². The lowest BCUT2D eigenvalue weighted by atomic mass is 10.1. The second kappa shape index (κ2) is 7.56. The first-order valence-corrected chi connectivity index (χ1v) is 9.97. The lowest BCUT2D eigenvalue weighted by molar-refractivity contribution is 0.0419. The van der Waals surface area contributed by atoms with Crippen molar-refractivity contribution in [1.82, 2.24) is 4.57 Å². The van der Waals surface area contributed by atoms with Gasteiger partial charge in [-0.15, -0.1) is 0 Å². The van der Waals surface area contributed by atoms with Crippen molar-refractivity contribution in [2.24, 2.45) is 0 Å². The van der Waals surface area contributed by atoms with Crippen LogP contribution in [0.15, 0.2) is 48.5 Å². The molecule has 29 heavy (non-hydrogen) atoms. The van der Waals surface area contributed by atoms with Gasteiger partial charge in [-0.2, -0.15) is 0 Å². The van der Waals surface area contributed by atoms with Gasteiger partial charge in [0.15, 0.2) is 0 Å². The zero-order valence-electron chi connectivity index (χ0n) is 17.4. The number of carbonyl (C=O) groups excluding carboxylic acids is 1. The van der Waals surface area contributed by atoms with Crippen LogP contribution >= 0.6 is 0 Å². The number of carbonyl (C=O) groups is 1. The summed E-state index contributed by atoms with van der Waals surface area (Å²) in [6.45, 7) is 6.17. The Morgan fingerprint density at radius 1 is 1.10 bits per heavy atom. The van der Waals surface area contributed by atoms with E-state index in [-0.39, 0.29) is 12.2 Å². The average molecular weight is 393 g/mol. The zero-order valence-corrected chi connectivity index (χ0v) is 17.4. The predicted octanol–water partition coefficient (Wildman–Crippen LogP) is 5.64. The predicted molar refractivity (Wildman–Crippen MR) is 112 cm³/mol. The van der Waals surface area contributed by atoms with Crippen LogP contribution in [0.4, 0.5) is 4.79 Å². The number of ether oxygens (including phenoxy) is 3. The molecule has 5 nitrogen and oxygen atoms in total. The van der Waals surface area contributed by atoms with Crippen molar-refractivity contribution in [3.63, 3.8) is 0 Å². The van der Waals surface area contributed by atoms with Gasteiger partial charge in [-0.1, -0.05) is 30.3 Å². The number of methoxy groups -OCH3 is 1. The van der Waals surface area contributed by atoms with Gasteiger partial charge in [-0.3, -0.25) is 0 Å². The van der Waals surface area contributed by atoms with Gasteiger partial charge in [0.2, 0.25) is 0 Å². The molecule has 152 valence electrons. The summed E-state index contributed by atoms with van der Waals surface area (Å²) in [5.74, 6) is 0.831. The zero-order chi connectivity index (χ0) is 20.6. The van der Waals surface area contributed by atoms with Gasteiger partial charge >= 0.3 is 6.09 Å². The molecule has 1 aromatic heterocycles. The average Bonchev–Trinajstić information content (AvgIpc) is 3.23. The Morgan fingerprint density at radius 3 is 2.52 bits per heavy atom. The number of rotatable bonds is 4. The van der Waals surface area contributed by atoms with Crippen molar-refractivity contribution in [3.8, 4) is 5.75 Å². The minimum Gasteiger partial charge on any atom is -0.497 e. The van der Waals surface area contributed by atoms with E-state index >= 15 is 0 Å². The summed E-state index contributed by atoms with van der Waals surface area (Å²) in [4.78, 5) is 12.9. The monoisotopic (exact) mass is 393 g/mol. The van der Waals surface area contributed by atoms with Crippen LogP contribution in [-0.4, -0.2) is 23.4 Å². The van der Waals surface area contributed by atoms with Crippen molar-refractivity contribution in [1.29, 1.82) is 0 Å². The maximum absolute atomic E-state index is 12.9. The molecule has 1 aliphatic carbocycles. The Hall–Kier alpha value is -2.79. The van der Waals surface area contributed by atoms with Crippen LogP contribution in [0.5, 0.6) is 5.75 Å². The highest BCUT2D eigenvalue weighted by Gasteiger charge is 2.33. The van der Waals surface area contributed by atoms with E-state index in [2.05, 4.69) is 6.07 Å². The summed E-state index contributed by atoms with van der Waals surface area (Å²) in [6, 6.07) is 15.9. The Bertz CT molecular complexity index is 1030. The SMILES string of the molecule is COc1ccc(COC2CCc3c2c2ccccc2n3C(=O)OC(C)(C)C)cc1. The number of para-hydroxylation sites is 1. The third-order valence-electron chi connectivity index (χ3n) is 5.17. The summed E-state index contributed by atoms with van der Waals surface area (Å²) in [5.41, 5.74) is 3.54. The molecule has 3 aromatic rings. The molecule has 1 unspecified atom stereocenters. The van der Waals surface area contributed by atoms with Gasteiger partial charge in [0.1, 0.15) is 11.4 Å². The second-order valence-electron chi connectivity index (χ2n) is 8.38. The first kappa shape index (κ1) is 19.5. The quantitative estimate of drug-likeness (QED) is 0.576. The van der Waals surface area contributed by atoms with Crippen LogP contribution in [0.25, 0.3) is 10.9 Å². The van der Waals surface area contributed by atoms with E-state index in [1.165, 1.54) is 0 Å². The van der Waals surface area contributed by atoms with Crippen molar-refractivity contribution in [3.05, 3.63) is 65.4 Å². The number of fused-ring (bicyclic) bond motifs is 3. The number of hydrogen-bond donors (Lipinski definition) is 0. The molecule has 0 bridgehead atoms. The molecule has 4 rings (SSSR count). The molecular weight excluding hydrogens is 366 g/mol. The lowest BCUT2D eigenvalue weighted by Crippen LogP contribution is -2.27. The summed E-state index contributed by atoms with van der Waals surface area (Å²) in [7, 11) is 1.66. The van der Waals surface area contributed by atoms with Crippen LogP contribution < -0.4 is 4.74 Å². The number of benzene rings is 2. The van der Waals surface area contributed by atoms with Gasteiger partial charge in [0, 0.05) is 16.6 Å². The molecule has 0 fully saturated rings. The minimum absolute atomic E-state index is 0.0410. The fourth-order valence-electron chi connectivity index (χ4n) is 3.94. The molecule has 0 amide bonds. The van der Waals surface area contributed by atoms with Crippen LogP contribution in [0.2, 0.25) is 0 Å². The lowest BCUT2D eigenvalue weighted by Gasteiger charge is -2.20. The molecule has 0 aliphatic heterocycles. The largest absolute Gasteiger partial charge is 0.497 e. The Labute approximate surface area is 171 Å². The Morgan fingerprint density at radius 2 is 1.83 bits per heavy atom. The standard InChI is InChI=1S/C24H27NO4/c1-24(2,3)29-23(26)25-19-8-6-5-7-18(19)22-20(25)13-14-21(22)28-15-16-9-11-17(27-4)12-10-16/h5-12,21H,13-15H2,1-4H3. The van der Waals surface area contributed by atoms with E-state index < -0.39 is 5.60 Å². The first-order chi connectivity index (χ1) is 13.9. The molecule has 1 atom stereocenters. The van der Waals surface area contributed by atoms with E-state index in [4.69, 9.17) is 14.2 Å². The van der Waals surface area contributed by atoms with Gasteiger partial charge in [0.25, 0.3) is 0 Å².